The van der Waals surface area contributed by atoms with E-state index in [2.05, 4.69) is 14.6 Å². The van der Waals surface area contributed by atoms with Crippen LogP contribution >= 0.6 is 9.24 Å². The highest BCUT2D eigenvalue weighted by molar-refractivity contribution is 7.20. The van der Waals surface area contributed by atoms with Crippen molar-refractivity contribution in [2.24, 2.45) is 5.73 Å². The number of nitrogens with two attached hydrogens (primary N) is 1. The molecule has 1 rings (SSSR count). The van der Waals surface area contributed by atoms with Gasteiger partial charge in [-0.1, -0.05) is 11.9 Å². The van der Waals surface area contributed by atoms with Crippen LogP contribution < -0.4 is 11.1 Å². The summed E-state index contributed by atoms with van der Waals surface area (Å²) in [6.07, 6.45) is 8.41. The van der Waals surface area contributed by atoms with E-state index in [0.717, 1.165) is 16.8 Å². The van der Waals surface area contributed by atoms with Crippen LogP contribution in [0.5, 0.6) is 0 Å². The van der Waals surface area contributed by atoms with Gasteiger partial charge in [-0.2, -0.15) is 0 Å². The van der Waals surface area contributed by atoms with Crippen LogP contribution in [0.4, 0.5) is 0 Å². The highest BCUT2D eigenvalue weighted by Crippen LogP contribution is 2.14. The fraction of sp³-hybridized carbons (Fsp3) is 0. The maximum atomic E-state index is 7.14. The molecule has 0 spiro atoms. The molecule has 1 aliphatic rings. The van der Waals surface area contributed by atoms with Crippen molar-refractivity contribution in [2.75, 3.05) is 0 Å². The lowest BCUT2D eigenvalue weighted by molar-refractivity contribution is 1.07. The second-order valence-corrected chi connectivity index (χ2v) is 2.80. The fourth-order valence-electron chi connectivity index (χ4n) is 0.948. The summed E-state index contributed by atoms with van der Waals surface area (Å²) in [5.41, 5.74) is 8.00. The molecule has 13 heavy (non-hydrogen) atoms. The molecule has 4 heteroatoms. The Balaban J connectivity index is 2.84. The first kappa shape index (κ1) is 9.75. The second kappa shape index (κ2) is 4.63. The predicted octanol–water partition coefficient (Wildman–Crippen LogP) is 1.24. The molecular weight excluding hydrogens is 181 g/mol. The topological polar surface area (TPSA) is 61.9 Å². The summed E-state index contributed by atoms with van der Waals surface area (Å²) >= 11 is 0. The monoisotopic (exact) mass is 193 g/mol. The summed E-state index contributed by atoms with van der Waals surface area (Å²) in [4.78, 5) is 0. The lowest BCUT2D eigenvalue weighted by Crippen LogP contribution is -2.10. The fourth-order valence-corrected chi connectivity index (χ4v) is 1.24. The number of hydrogen-bond acceptors (Lipinski definition) is 3. The Bertz CT molecular complexity index is 324. The first-order chi connectivity index (χ1) is 6.31. The van der Waals surface area contributed by atoms with Gasteiger partial charge in [-0.15, -0.1) is 9.24 Å². The van der Waals surface area contributed by atoms with Gasteiger partial charge in [-0.25, -0.2) is 0 Å². The molecule has 0 aliphatic carbocycles. The predicted molar refractivity (Wildman–Crippen MR) is 59.2 cm³/mol. The molecule has 0 aromatic rings. The SMILES string of the molecule is N=C/C(=C\P)C1=CN/C(=C\N)C=C1. The van der Waals surface area contributed by atoms with E-state index in [4.69, 9.17) is 11.1 Å². The van der Waals surface area contributed by atoms with Gasteiger partial charge in [0.25, 0.3) is 0 Å². The average Bonchev–Trinajstić information content (AvgIpc) is 2.21. The highest BCUT2D eigenvalue weighted by Gasteiger charge is 2.02. The van der Waals surface area contributed by atoms with Crippen LogP contribution in [0.1, 0.15) is 0 Å². The van der Waals surface area contributed by atoms with Gasteiger partial charge >= 0.3 is 0 Å². The van der Waals surface area contributed by atoms with Crippen LogP contribution in [-0.4, -0.2) is 6.21 Å². The Labute approximate surface area is 79.8 Å². The van der Waals surface area contributed by atoms with E-state index in [9.17, 15) is 0 Å². The van der Waals surface area contributed by atoms with Gasteiger partial charge in [0.2, 0.25) is 0 Å². The summed E-state index contributed by atoms with van der Waals surface area (Å²) in [5.74, 6) is 1.81. The molecule has 0 saturated heterocycles. The van der Waals surface area contributed by atoms with Gasteiger partial charge in [-0.05, 0) is 11.6 Å². The van der Waals surface area contributed by atoms with E-state index in [1.807, 2.05) is 24.2 Å². The lowest BCUT2D eigenvalue weighted by Gasteiger charge is -2.10. The quantitative estimate of drug-likeness (QED) is 0.456. The largest absolute Gasteiger partial charge is 0.403 e. The Morgan fingerprint density at radius 3 is 2.69 bits per heavy atom. The van der Waals surface area contributed by atoms with Crippen molar-refractivity contribution in [1.29, 1.82) is 5.41 Å². The first-order valence-electron chi connectivity index (χ1n) is 3.81. The van der Waals surface area contributed by atoms with Crippen molar-refractivity contribution < 1.29 is 0 Å². The maximum Gasteiger partial charge on any atom is 0.0537 e. The number of allylic oxidation sites excluding steroid dienone is 4. The normalized spacial score (nSPS) is 19.6. The van der Waals surface area contributed by atoms with E-state index in [0.29, 0.717) is 0 Å². The Morgan fingerprint density at radius 1 is 1.54 bits per heavy atom. The molecule has 0 radical (unpaired) electrons. The molecule has 1 atom stereocenters. The van der Waals surface area contributed by atoms with Crippen LogP contribution in [0.3, 0.4) is 0 Å². The van der Waals surface area contributed by atoms with Crippen molar-refractivity contribution in [3.05, 3.63) is 47.2 Å². The zero-order chi connectivity index (χ0) is 9.68. The molecule has 0 aromatic heterocycles. The van der Waals surface area contributed by atoms with Crippen LogP contribution in [-0.2, 0) is 0 Å². The number of dihydropyridines is 1. The number of nitrogens with one attached hydrogen (secondary N) is 2. The van der Waals surface area contributed by atoms with Gasteiger partial charge in [0.1, 0.15) is 0 Å². The molecule has 0 bridgehead atoms. The molecule has 1 aliphatic heterocycles. The van der Waals surface area contributed by atoms with Gasteiger partial charge in [0, 0.05) is 24.2 Å². The molecular formula is C9H12N3P. The third kappa shape index (κ3) is 2.30. The van der Waals surface area contributed by atoms with Crippen molar-refractivity contribution in [3.8, 4) is 0 Å². The van der Waals surface area contributed by atoms with Gasteiger partial charge in [0.05, 0.1) is 5.70 Å². The summed E-state index contributed by atoms with van der Waals surface area (Å²) in [5, 5.41) is 10.1. The summed E-state index contributed by atoms with van der Waals surface area (Å²) in [6.45, 7) is 0. The Kier molecular flexibility index (Phi) is 3.47. The average molecular weight is 193 g/mol. The maximum absolute atomic E-state index is 7.14. The summed E-state index contributed by atoms with van der Waals surface area (Å²) < 4.78 is 0. The zero-order valence-electron chi connectivity index (χ0n) is 7.12. The molecule has 4 N–H and O–H groups in total. The number of hydrogen-bond donors (Lipinski definition) is 3. The van der Waals surface area contributed by atoms with Gasteiger partial charge in [-0.3, -0.25) is 0 Å². The molecule has 68 valence electrons. The smallest absolute Gasteiger partial charge is 0.0537 e. The van der Waals surface area contributed by atoms with Crippen molar-refractivity contribution in [3.63, 3.8) is 0 Å². The van der Waals surface area contributed by atoms with E-state index in [-0.39, 0.29) is 0 Å². The van der Waals surface area contributed by atoms with E-state index in [1.54, 1.807) is 0 Å². The summed E-state index contributed by atoms with van der Waals surface area (Å²) in [7, 11) is 2.48. The Hall–Kier alpha value is -1.34. The van der Waals surface area contributed by atoms with Crippen molar-refractivity contribution in [2.45, 2.75) is 0 Å². The zero-order valence-corrected chi connectivity index (χ0v) is 8.27. The van der Waals surface area contributed by atoms with Crippen molar-refractivity contribution in [1.82, 2.24) is 5.32 Å². The molecule has 3 nitrogen and oxygen atoms in total. The minimum Gasteiger partial charge on any atom is -0.403 e. The van der Waals surface area contributed by atoms with E-state index < -0.39 is 0 Å². The lowest BCUT2D eigenvalue weighted by atomic mass is 10.1. The van der Waals surface area contributed by atoms with Crippen LogP contribution in [0.25, 0.3) is 0 Å². The van der Waals surface area contributed by atoms with Crippen LogP contribution in [0.2, 0.25) is 0 Å². The third-order valence-electron chi connectivity index (χ3n) is 1.68. The first-order valence-corrected chi connectivity index (χ1v) is 4.48. The van der Waals surface area contributed by atoms with E-state index >= 15 is 0 Å². The van der Waals surface area contributed by atoms with Gasteiger partial charge in [0.15, 0.2) is 0 Å². The number of rotatable bonds is 2. The molecule has 1 heterocycles. The molecule has 0 fully saturated rings. The Morgan fingerprint density at radius 2 is 2.31 bits per heavy atom. The third-order valence-corrected chi connectivity index (χ3v) is 2.04. The molecule has 0 saturated carbocycles. The van der Waals surface area contributed by atoms with Crippen LogP contribution in [0.15, 0.2) is 47.2 Å². The molecule has 0 aromatic carbocycles. The van der Waals surface area contributed by atoms with Crippen molar-refractivity contribution >= 4 is 15.5 Å². The highest BCUT2D eigenvalue weighted by atomic mass is 31.0. The minimum atomic E-state index is 0.852. The standard InChI is InChI=1S/C9H12N3P/c10-3-8(6-13)7-1-2-9(4-11)12-5-7/h1-6,10,12H,11,13H2/b8-6+,9-4-,10-3?. The molecule has 0 amide bonds. The molecule has 1 unspecified atom stereocenters. The van der Waals surface area contributed by atoms with Crippen LogP contribution in [0, 0.1) is 5.41 Å². The van der Waals surface area contributed by atoms with E-state index in [1.165, 1.54) is 12.4 Å². The second-order valence-electron chi connectivity index (χ2n) is 2.47. The minimum absolute atomic E-state index is 0.852. The summed E-state index contributed by atoms with van der Waals surface area (Å²) in [6, 6.07) is 0. The van der Waals surface area contributed by atoms with Gasteiger partial charge < -0.3 is 16.5 Å².